The lowest BCUT2D eigenvalue weighted by atomic mass is 10.1. The van der Waals surface area contributed by atoms with E-state index in [0.717, 1.165) is 27.3 Å². The van der Waals surface area contributed by atoms with Crippen LogP contribution in [0.1, 0.15) is 23.6 Å². The molecule has 0 unspecified atom stereocenters. The van der Waals surface area contributed by atoms with E-state index >= 15 is 0 Å². The molecule has 1 amide bonds. The van der Waals surface area contributed by atoms with Gasteiger partial charge in [0.2, 0.25) is 15.9 Å². The zero-order valence-electron chi connectivity index (χ0n) is 15.9. The van der Waals surface area contributed by atoms with Gasteiger partial charge in [-0.15, -0.1) is 0 Å². The molecule has 0 aromatic heterocycles. The fraction of sp³-hybridized carbons (Fsp3) is 0.300. The molecule has 0 aliphatic carbocycles. The van der Waals surface area contributed by atoms with Crippen LogP contribution in [0.5, 0.6) is 0 Å². The highest BCUT2D eigenvalue weighted by atomic mass is 32.2. The second-order valence-electron chi connectivity index (χ2n) is 6.55. The number of carbonyl (C=O) groups excluding carboxylic acids is 1. The van der Waals surface area contributed by atoms with Crippen LogP contribution in [0.15, 0.2) is 42.5 Å². The van der Waals surface area contributed by atoms with Crippen LogP contribution in [0.4, 0.5) is 11.4 Å². The molecule has 0 radical (unpaired) electrons. The Morgan fingerprint density at radius 1 is 1.19 bits per heavy atom. The smallest absolute Gasteiger partial charge is 0.247 e. The molecular formula is C20H23N3O3S. The van der Waals surface area contributed by atoms with E-state index < -0.39 is 22.0 Å². The van der Waals surface area contributed by atoms with E-state index in [1.807, 2.05) is 26.0 Å². The van der Waals surface area contributed by atoms with Crippen molar-refractivity contribution in [2.45, 2.75) is 33.2 Å². The number of anilines is 2. The maximum atomic E-state index is 12.7. The van der Waals surface area contributed by atoms with Crippen molar-refractivity contribution in [3.05, 3.63) is 59.2 Å². The second kappa shape index (κ2) is 8.23. The van der Waals surface area contributed by atoms with Crippen LogP contribution < -0.4 is 9.62 Å². The summed E-state index contributed by atoms with van der Waals surface area (Å²) >= 11 is 0. The number of benzene rings is 2. The van der Waals surface area contributed by atoms with Crippen LogP contribution in [0, 0.1) is 25.2 Å². The standard InChI is InChI=1S/C20H23N3O3S/c1-14-5-6-15(2)19(13-14)23(27(4,25)26)16(3)20(24)22-18-9-7-17(8-10-18)11-12-21/h5-10,13,16H,11H2,1-4H3,(H,22,24)/t16-/m0/s1. The molecule has 142 valence electrons. The summed E-state index contributed by atoms with van der Waals surface area (Å²) in [5.41, 5.74) is 3.56. The highest BCUT2D eigenvalue weighted by Crippen LogP contribution is 2.26. The molecule has 2 aromatic carbocycles. The van der Waals surface area contributed by atoms with Gasteiger partial charge in [0.1, 0.15) is 6.04 Å². The molecule has 0 aliphatic heterocycles. The molecule has 6 nitrogen and oxygen atoms in total. The molecule has 0 heterocycles. The van der Waals surface area contributed by atoms with Gasteiger partial charge >= 0.3 is 0 Å². The molecule has 27 heavy (non-hydrogen) atoms. The number of hydrogen-bond acceptors (Lipinski definition) is 4. The van der Waals surface area contributed by atoms with Gasteiger partial charge in [0, 0.05) is 5.69 Å². The predicted molar refractivity (Wildman–Crippen MR) is 107 cm³/mol. The first-order valence-corrected chi connectivity index (χ1v) is 10.3. The van der Waals surface area contributed by atoms with Crippen LogP contribution >= 0.6 is 0 Å². The van der Waals surface area contributed by atoms with Crippen LogP contribution in [0.3, 0.4) is 0 Å². The van der Waals surface area contributed by atoms with Crippen molar-refractivity contribution in [2.75, 3.05) is 15.9 Å². The number of carbonyl (C=O) groups is 1. The number of nitrogens with one attached hydrogen (secondary N) is 1. The maximum absolute atomic E-state index is 12.7. The van der Waals surface area contributed by atoms with Gasteiger partial charge in [-0.2, -0.15) is 5.26 Å². The number of aryl methyl sites for hydroxylation is 2. The second-order valence-corrected chi connectivity index (χ2v) is 8.41. The Labute approximate surface area is 160 Å². The maximum Gasteiger partial charge on any atom is 0.247 e. The fourth-order valence-corrected chi connectivity index (χ4v) is 4.01. The molecule has 7 heteroatoms. The van der Waals surface area contributed by atoms with Crippen LogP contribution in [0.2, 0.25) is 0 Å². The summed E-state index contributed by atoms with van der Waals surface area (Å²) in [6.45, 7) is 5.24. The minimum atomic E-state index is -3.67. The van der Waals surface area contributed by atoms with Crippen molar-refractivity contribution < 1.29 is 13.2 Å². The van der Waals surface area contributed by atoms with Crippen molar-refractivity contribution >= 4 is 27.3 Å². The Morgan fingerprint density at radius 2 is 1.81 bits per heavy atom. The predicted octanol–water partition coefficient (Wildman–Crippen LogP) is 3.16. The van der Waals surface area contributed by atoms with Crippen molar-refractivity contribution in [3.8, 4) is 6.07 Å². The van der Waals surface area contributed by atoms with E-state index in [1.54, 1.807) is 37.3 Å². The van der Waals surface area contributed by atoms with E-state index in [0.29, 0.717) is 17.8 Å². The SMILES string of the molecule is Cc1ccc(C)c(N([C@@H](C)C(=O)Nc2ccc(CC#N)cc2)S(C)(=O)=O)c1. The van der Waals surface area contributed by atoms with Crippen molar-refractivity contribution in [1.82, 2.24) is 0 Å². The van der Waals surface area contributed by atoms with Gasteiger partial charge in [-0.25, -0.2) is 8.42 Å². The Kier molecular flexibility index (Phi) is 6.24. The minimum Gasteiger partial charge on any atom is -0.324 e. The first-order chi connectivity index (χ1) is 12.6. The average molecular weight is 385 g/mol. The van der Waals surface area contributed by atoms with E-state index in [1.165, 1.54) is 0 Å². The Bertz CT molecular complexity index is 977. The molecular weight excluding hydrogens is 362 g/mol. The van der Waals surface area contributed by atoms with Gasteiger partial charge in [0.15, 0.2) is 0 Å². The van der Waals surface area contributed by atoms with Gasteiger partial charge < -0.3 is 5.32 Å². The molecule has 0 saturated carbocycles. The minimum absolute atomic E-state index is 0.291. The van der Waals surface area contributed by atoms with Gasteiger partial charge in [-0.3, -0.25) is 9.10 Å². The Morgan fingerprint density at radius 3 is 2.37 bits per heavy atom. The fourth-order valence-electron chi connectivity index (χ4n) is 2.78. The molecule has 0 saturated heterocycles. The van der Waals surface area contributed by atoms with E-state index in [4.69, 9.17) is 5.26 Å². The number of hydrogen-bond donors (Lipinski definition) is 1. The molecule has 2 rings (SSSR count). The third-order valence-corrected chi connectivity index (χ3v) is 5.42. The van der Waals surface area contributed by atoms with Crippen LogP contribution in [-0.2, 0) is 21.2 Å². The number of amides is 1. The summed E-state index contributed by atoms with van der Waals surface area (Å²) in [4.78, 5) is 12.7. The van der Waals surface area contributed by atoms with E-state index in [-0.39, 0.29) is 0 Å². The topological polar surface area (TPSA) is 90.3 Å². The van der Waals surface area contributed by atoms with Crippen LogP contribution in [-0.4, -0.2) is 26.6 Å². The Balaban J connectivity index is 2.30. The first kappa shape index (κ1) is 20.5. The zero-order valence-corrected chi connectivity index (χ0v) is 16.7. The largest absolute Gasteiger partial charge is 0.324 e. The normalized spacial score (nSPS) is 12.1. The lowest BCUT2D eigenvalue weighted by Crippen LogP contribution is -2.45. The number of sulfonamides is 1. The average Bonchev–Trinajstić information content (AvgIpc) is 2.59. The lowest BCUT2D eigenvalue weighted by Gasteiger charge is -2.29. The zero-order chi connectivity index (χ0) is 20.2. The van der Waals surface area contributed by atoms with Gasteiger partial charge in [0.05, 0.1) is 24.4 Å². The van der Waals surface area contributed by atoms with Crippen LogP contribution in [0.25, 0.3) is 0 Å². The lowest BCUT2D eigenvalue weighted by molar-refractivity contribution is -0.116. The third-order valence-electron chi connectivity index (χ3n) is 4.20. The number of rotatable bonds is 6. The monoisotopic (exact) mass is 385 g/mol. The van der Waals surface area contributed by atoms with Gasteiger partial charge in [-0.1, -0.05) is 24.3 Å². The Hall–Kier alpha value is -2.85. The first-order valence-electron chi connectivity index (χ1n) is 8.47. The quantitative estimate of drug-likeness (QED) is 0.827. The highest BCUT2D eigenvalue weighted by Gasteiger charge is 2.30. The molecule has 0 bridgehead atoms. The highest BCUT2D eigenvalue weighted by molar-refractivity contribution is 7.92. The summed E-state index contributed by atoms with van der Waals surface area (Å²) in [5.74, 6) is -0.436. The molecule has 2 aromatic rings. The number of nitriles is 1. The summed E-state index contributed by atoms with van der Waals surface area (Å²) < 4.78 is 26.0. The number of nitrogens with zero attached hydrogens (tertiary/aromatic N) is 2. The summed E-state index contributed by atoms with van der Waals surface area (Å²) in [5, 5.41) is 11.5. The summed E-state index contributed by atoms with van der Waals surface area (Å²) in [7, 11) is -3.67. The molecule has 0 fully saturated rings. The van der Waals surface area contributed by atoms with Crippen molar-refractivity contribution in [1.29, 1.82) is 5.26 Å². The summed E-state index contributed by atoms with van der Waals surface area (Å²) in [6.07, 6.45) is 1.38. The van der Waals surface area contributed by atoms with E-state index in [9.17, 15) is 13.2 Å². The van der Waals surface area contributed by atoms with Crippen molar-refractivity contribution in [3.63, 3.8) is 0 Å². The molecule has 0 aliphatic rings. The molecule has 1 N–H and O–H groups in total. The van der Waals surface area contributed by atoms with Gasteiger partial charge in [-0.05, 0) is 55.7 Å². The van der Waals surface area contributed by atoms with Crippen molar-refractivity contribution in [2.24, 2.45) is 0 Å². The third kappa shape index (κ3) is 5.08. The molecule has 0 spiro atoms. The van der Waals surface area contributed by atoms with Gasteiger partial charge in [0.25, 0.3) is 0 Å². The van der Waals surface area contributed by atoms with E-state index in [2.05, 4.69) is 11.4 Å². The summed E-state index contributed by atoms with van der Waals surface area (Å²) in [6, 6.07) is 13.5. The molecule has 1 atom stereocenters.